The first-order valence-electron chi connectivity index (χ1n) is 8.39. The number of rotatable bonds is 5. The van der Waals surface area contributed by atoms with Crippen LogP contribution in [0.15, 0.2) is 34.8 Å². The third-order valence-electron chi connectivity index (χ3n) is 4.86. The van der Waals surface area contributed by atoms with E-state index in [1.165, 1.54) is 0 Å². The van der Waals surface area contributed by atoms with Gasteiger partial charge in [-0.1, -0.05) is 12.1 Å². The van der Waals surface area contributed by atoms with Crippen LogP contribution in [0.1, 0.15) is 22.6 Å². The fraction of sp³-hybridized carbons (Fsp3) is 0.350. The van der Waals surface area contributed by atoms with E-state index in [1.807, 2.05) is 35.2 Å². The van der Waals surface area contributed by atoms with Crippen LogP contribution in [0.3, 0.4) is 0 Å². The molecule has 2 aromatic carbocycles. The molecule has 1 atom stereocenters. The molecule has 1 heterocycles. The molecule has 0 saturated heterocycles. The van der Waals surface area contributed by atoms with Crippen molar-refractivity contribution in [2.75, 3.05) is 34.4 Å². The Balaban J connectivity index is 2.16. The zero-order valence-corrected chi connectivity index (χ0v) is 16.7. The highest BCUT2D eigenvalue weighted by molar-refractivity contribution is 9.10. The number of halogens is 1. The number of methoxy groups -OCH3 is 3. The van der Waals surface area contributed by atoms with Crippen LogP contribution in [0, 0.1) is 0 Å². The van der Waals surface area contributed by atoms with Crippen molar-refractivity contribution in [3.63, 3.8) is 0 Å². The number of benzene rings is 2. The predicted octanol–water partition coefficient (Wildman–Crippen LogP) is 3.62. The van der Waals surface area contributed by atoms with E-state index in [0.717, 1.165) is 39.7 Å². The summed E-state index contributed by atoms with van der Waals surface area (Å²) in [5.41, 5.74) is 3.41. The van der Waals surface area contributed by atoms with E-state index in [4.69, 9.17) is 14.2 Å². The fourth-order valence-corrected chi connectivity index (χ4v) is 4.25. The van der Waals surface area contributed by atoms with E-state index in [2.05, 4.69) is 15.9 Å². The minimum atomic E-state index is 0.0414. The number of carbonyl (C=O) groups is 1. The third-order valence-corrected chi connectivity index (χ3v) is 5.69. The van der Waals surface area contributed by atoms with Gasteiger partial charge in [0.05, 0.1) is 25.8 Å². The topological polar surface area (TPSA) is 48.0 Å². The summed E-state index contributed by atoms with van der Waals surface area (Å²) in [6, 6.07) is 10.0. The Morgan fingerprint density at radius 1 is 1.12 bits per heavy atom. The van der Waals surface area contributed by atoms with Crippen molar-refractivity contribution in [2.45, 2.75) is 12.3 Å². The summed E-state index contributed by atoms with van der Waals surface area (Å²) in [5, 5.41) is 0. The molecule has 0 N–H and O–H groups in total. The van der Waals surface area contributed by atoms with E-state index in [1.54, 1.807) is 21.3 Å². The lowest BCUT2D eigenvalue weighted by molar-refractivity contribution is -0.118. The lowest BCUT2D eigenvalue weighted by Crippen LogP contribution is -2.27. The van der Waals surface area contributed by atoms with Gasteiger partial charge in [-0.3, -0.25) is 4.79 Å². The van der Waals surface area contributed by atoms with E-state index in [9.17, 15) is 4.79 Å². The van der Waals surface area contributed by atoms with Gasteiger partial charge in [-0.15, -0.1) is 0 Å². The average Bonchev–Trinajstić information content (AvgIpc) is 2.87. The predicted molar refractivity (Wildman–Crippen MR) is 103 cm³/mol. The number of amides is 1. The minimum absolute atomic E-state index is 0.0414. The van der Waals surface area contributed by atoms with Crippen molar-refractivity contribution in [1.29, 1.82) is 0 Å². The van der Waals surface area contributed by atoms with Gasteiger partial charge >= 0.3 is 0 Å². The third kappa shape index (κ3) is 3.38. The van der Waals surface area contributed by atoms with E-state index < -0.39 is 0 Å². The van der Waals surface area contributed by atoms with Crippen molar-refractivity contribution >= 4 is 22.3 Å². The van der Waals surface area contributed by atoms with Crippen molar-refractivity contribution in [3.8, 4) is 17.2 Å². The second-order valence-corrected chi connectivity index (χ2v) is 6.96. The molecule has 3 rings (SSSR count). The van der Waals surface area contributed by atoms with Crippen LogP contribution in [0.25, 0.3) is 0 Å². The van der Waals surface area contributed by atoms with Crippen molar-refractivity contribution in [2.24, 2.45) is 0 Å². The van der Waals surface area contributed by atoms with Gasteiger partial charge in [0.1, 0.15) is 5.75 Å². The van der Waals surface area contributed by atoms with Gasteiger partial charge in [0.2, 0.25) is 6.41 Å². The maximum atomic E-state index is 11.5. The first kappa shape index (κ1) is 18.6. The Hall–Kier alpha value is -2.21. The van der Waals surface area contributed by atoms with Crippen LogP contribution in [-0.2, 0) is 11.2 Å². The highest BCUT2D eigenvalue weighted by atomic mass is 79.9. The fourth-order valence-electron chi connectivity index (χ4n) is 3.47. The number of hydrogen-bond acceptors (Lipinski definition) is 4. The first-order chi connectivity index (χ1) is 12.6. The van der Waals surface area contributed by atoms with Gasteiger partial charge in [0.25, 0.3) is 0 Å². The van der Waals surface area contributed by atoms with Gasteiger partial charge < -0.3 is 19.1 Å². The number of fused-ring (bicyclic) bond motifs is 1. The molecular weight excluding hydrogens is 398 g/mol. The molecule has 0 spiro atoms. The van der Waals surface area contributed by atoms with Gasteiger partial charge in [-0.2, -0.15) is 0 Å². The monoisotopic (exact) mass is 419 g/mol. The molecule has 1 aliphatic heterocycles. The normalized spacial score (nSPS) is 16.5. The quantitative estimate of drug-likeness (QED) is 0.694. The molecular formula is C20H22BrNO4. The molecule has 0 radical (unpaired) electrons. The molecule has 0 aromatic heterocycles. The van der Waals surface area contributed by atoms with Gasteiger partial charge in [0, 0.05) is 19.0 Å². The summed E-state index contributed by atoms with van der Waals surface area (Å²) in [6.07, 6.45) is 1.67. The summed E-state index contributed by atoms with van der Waals surface area (Å²) in [4.78, 5) is 13.3. The SMILES string of the molecule is COc1ccc(C2CN(C=O)CCc3c2cc(OC)c(OC)c3Br)cc1. The highest BCUT2D eigenvalue weighted by Crippen LogP contribution is 2.44. The summed E-state index contributed by atoms with van der Waals surface area (Å²) >= 11 is 3.69. The molecule has 26 heavy (non-hydrogen) atoms. The van der Waals surface area contributed by atoms with Crippen LogP contribution in [0.5, 0.6) is 17.2 Å². The second kappa shape index (κ2) is 7.99. The molecule has 1 aliphatic rings. The molecule has 0 bridgehead atoms. The number of nitrogens with zero attached hydrogens (tertiary/aromatic N) is 1. The molecule has 1 unspecified atom stereocenters. The first-order valence-corrected chi connectivity index (χ1v) is 9.18. The van der Waals surface area contributed by atoms with E-state index in [-0.39, 0.29) is 5.92 Å². The average molecular weight is 420 g/mol. The molecule has 1 amide bonds. The minimum Gasteiger partial charge on any atom is -0.497 e. The Morgan fingerprint density at radius 2 is 1.85 bits per heavy atom. The summed E-state index contributed by atoms with van der Waals surface area (Å²) in [6.45, 7) is 1.28. The van der Waals surface area contributed by atoms with Crippen LogP contribution >= 0.6 is 15.9 Å². The van der Waals surface area contributed by atoms with E-state index >= 15 is 0 Å². The summed E-state index contributed by atoms with van der Waals surface area (Å²) < 4.78 is 17.2. The molecule has 5 nitrogen and oxygen atoms in total. The Labute approximate surface area is 162 Å². The van der Waals surface area contributed by atoms with Crippen LogP contribution in [-0.4, -0.2) is 45.7 Å². The Morgan fingerprint density at radius 3 is 2.42 bits per heavy atom. The van der Waals surface area contributed by atoms with Gasteiger partial charge in [0.15, 0.2) is 11.5 Å². The van der Waals surface area contributed by atoms with Crippen LogP contribution in [0.4, 0.5) is 0 Å². The van der Waals surface area contributed by atoms with Crippen LogP contribution in [0.2, 0.25) is 0 Å². The van der Waals surface area contributed by atoms with Gasteiger partial charge in [-0.05, 0) is 57.2 Å². The smallest absolute Gasteiger partial charge is 0.209 e. The Kier molecular flexibility index (Phi) is 5.71. The maximum Gasteiger partial charge on any atom is 0.209 e. The lowest BCUT2D eigenvalue weighted by Gasteiger charge is -2.24. The standard InChI is InChI=1S/C20H22BrNO4/c1-24-14-6-4-13(5-7-14)17-11-22(12-23)9-8-15-16(17)10-18(25-2)20(26-3)19(15)21/h4-7,10,12,17H,8-9,11H2,1-3H3. The van der Waals surface area contributed by atoms with Crippen molar-refractivity contribution < 1.29 is 19.0 Å². The molecule has 138 valence electrons. The summed E-state index contributed by atoms with van der Waals surface area (Å²) in [7, 11) is 4.91. The van der Waals surface area contributed by atoms with Crippen LogP contribution < -0.4 is 14.2 Å². The molecule has 0 fully saturated rings. The van der Waals surface area contributed by atoms with Crippen molar-refractivity contribution in [3.05, 3.63) is 51.5 Å². The Bertz CT molecular complexity index is 791. The zero-order chi connectivity index (χ0) is 18.7. The lowest BCUT2D eigenvalue weighted by atomic mass is 9.87. The van der Waals surface area contributed by atoms with Gasteiger partial charge in [-0.25, -0.2) is 0 Å². The molecule has 0 aliphatic carbocycles. The molecule has 0 saturated carbocycles. The largest absolute Gasteiger partial charge is 0.497 e. The molecule has 2 aromatic rings. The number of carbonyl (C=O) groups excluding carboxylic acids is 1. The number of hydrogen-bond donors (Lipinski definition) is 0. The molecule has 6 heteroatoms. The van der Waals surface area contributed by atoms with E-state index in [0.29, 0.717) is 24.6 Å². The maximum absolute atomic E-state index is 11.5. The second-order valence-electron chi connectivity index (χ2n) is 6.17. The number of ether oxygens (including phenoxy) is 3. The zero-order valence-electron chi connectivity index (χ0n) is 15.1. The highest BCUT2D eigenvalue weighted by Gasteiger charge is 2.28. The summed E-state index contributed by atoms with van der Waals surface area (Å²) in [5.74, 6) is 2.21. The van der Waals surface area contributed by atoms with Crippen molar-refractivity contribution in [1.82, 2.24) is 4.90 Å².